The smallest absolute Gasteiger partial charge is 0.0620 e. The largest absolute Gasteiger partial charge is 0.375 e. The lowest BCUT2D eigenvalue weighted by Crippen LogP contribution is -2.29. The zero-order valence-electron chi connectivity index (χ0n) is 8.63. The Hall–Kier alpha value is -0.0800. The molecule has 4 unspecified atom stereocenters. The van der Waals surface area contributed by atoms with Crippen molar-refractivity contribution in [3.63, 3.8) is 0 Å². The van der Waals surface area contributed by atoms with E-state index in [2.05, 4.69) is 26.1 Å². The van der Waals surface area contributed by atoms with Crippen molar-refractivity contribution in [2.75, 3.05) is 13.6 Å². The van der Waals surface area contributed by atoms with Crippen molar-refractivity contribution < 1.29 is 4.74 Å². The maximum Gasteiger partial charge on any atom is 0.0620 e. The highest BCUT2D eigenvalue weighted by Crippen LogP contribution is 2.33. The minimum Gasteiger partial charge on any atom is -0.375 e. The van der Waals surface area contributed by atoms with Gasteiger partial charge in [-0.25, -0.2) is 0 Å². The fourth-order valence-corrected chi connectivity index (χ4v) is 2.14. The molecule has 0 spiro atoms. The van der Waals surface area contributed by atoms with Gasteiger partial charge in [-0.3, -0.25) is 0 Å². The quantitative estimate of drug-likeness (QED) is 0.697. The fourth-order valence-electron chi connectivity index (χ4n) is 2.14. The predicted molar refractivity (Wildman–Crippen MR) is 51.2 cm³/mol. The van der Waals surface area contributed by atoms with Crippen molar-refractivity contribution in [1.29, 1.82) is 0 Å². The average Bonchev–Trinajstić information content (AvgIpc) is 2.33. The summed E-state index contributed by atoms with van der Waals surface area (Å²) in [6.45, 7) is 7.77. The molecule has 0 saturated carbocycles. The van der Waals surface area contributed by atoms with E-state index in [0.717, 1.165) is 13.0 Å². The maximum absolute atomic E-state index is 5.85. The van der Waals surface area contributed by atoms with Crippen LogP contribution in [0, 0.1) is 11.8 Å². The highest BCUT2D eigenvalue weighted by Gasteiger charge is 2.37. The molecule has 0 amide bonds. The van der Waals surface area contributed by atoms with Crippen molar-refractivity contribution in [1.82, 2.24) is 5.32 Å². The van der Waals surface area contributed by atoms with Gasteiger partial charge in [-0.15, -0.1) is 0 Å². The Balaban J connectivity index is 2.53. The summed E-state index contributed by atoms with van der Waals surface area (Å²) < 4.78 is 5.85. The summed E-state index contributed by atoms with van der Waals surface area (Å²) in [6.07, 6.45) is 2.05. The van der Waals surface area contributed by atoms with Crippen molar-refractivity contribution in [2.24, 2.45) is 11.8 Å². The van der Waals surface area contributed by atoms with Gasteiger partial charge in [0.25, 0.3) is 0 Å². The van der Waals surface area contributed by atoms with Crippen LogP contribution in [0.1, 0.15) is 27.2 Å². The maximum atomic E-state index is 5.85. The molecule has 1 fully saturated rings. The minimum atomic E-state index is 0.438. The monoisotopic (exact) mass is 171 g/mol. The van der Waals surface area contributed by atoms with Crippen molar-refractivity contribution in [2.45, 2.75) is 39.4 Å². The number of rotatable bonds is 3. The van der Waals surface area contributed by atoms with Crippen molar-refractivity contribution in [3.8, 4) is 0 Å². The lowest BCUT2D eigenvalue weighted by molar-refractivity contribution is 0.0380. The van der Waals surface area contributed by atoms with Gasteiger partial charge in [-0.2, -0.15) is 0 Å². The van der Waals surface area contributed by atoms with E-state index >= 15 is 0 Å². The highest BCUT2D eigenvalue weighted by atomic mass is 16.5. The second-order valence-corrected chi connectivity index (χ2v) is 3.87. The molecule has 0 aliphatic carbocycles. The summed E-state index contributed by atoms with van der Waals surface area (Å²) in [5.74, 6) is 1.40. The first kappa shape index (κ1) is 10.0. The first-order valence-electron chi connectivity index (χ1n) is 5.00. The van der Waals surface area contributed by atoms with Crippen molar-refractivity contribution in [3.05, 3.63) is 0 Å². The first-order valence-corrected chi connectivity index (χ1v) is 5.00. The van der Waals surface area contributed by atoms with Gasteiger partial charge in [0.2, 0.25) is 0 Å². The molecule has 0 radical (unpaired) electrons. The Bertz CT molecular complexity index is 138. The fraction of sp³-hybridized carbons (Fsp3) is 1.00. The molecule has 12 heavy (non-hydrogen) atoms. The third-order valence-corrected chi connectivity index (χ3v) is 3.12. The molecule has 1 N–H and O–H groups in total. The molecule has 2 nitrogen and oxygen atoms in total. The Morgan fingerprint density at radius 2 is 2.00 bits per heavy atom. The summed E-state index contributed by atoms with van der Waals surface area (Å²) in [5.41, 5.74) is 0. The lowest BCUT2D eigenvalue weighted by atomic mass is 9.88. The van der Waals surface area contributed by atoms with Crippen LogP contribution in [0.25, 0.3) is 0 Å². The lowest BCUT2D eigenvalue weighted by Gasteiger charge is -2.19. The van der Waals surface area contributed by atoms with E-state index in [1.165, 1.54) is 0 Å². The second-order valence-electron chi connectivity index (χ2n) is 3.87. The van der Waals surface area contributed by atoms with Crippen LogP contribution in [0.5, 0.6) is 0 Å². The normalized spacial score (nSPS) is 42.0. The first-order chi connectivity index (χ1) is 5.70. The molecule has 0 bridgehead atoms. The van der Waals surface area contributed by atoms with Gasteiger partial charge in [0.1, 0.15) is 0 Å². The van der Waals surface area contributed by atoms with Crippen LogP contribution in [-0.4, -0.2) is 25.8 Å². The van der Waals surface area contributed by atoms with E-state index in [4.69, 9.17) is 4.74 Å². The van der Waals surface area contributed by atoms with Crippen LogP contribution in [-0.2, 0) is 4.74 Å². The predicted octanol–water partition coefficient (Wildman–Crippen LogP) is 1.66. The van der Waals surface area contributed by atoms with Crippen LogP contribution in [0.15, 0.2) is 0 Å². The summed E-state index contributed by atoms with van der Waals surface area (Å²) >= 11 is 0. The topological polar surface area (TPSA) is 21.3 Å². The molecular formula is C10H21NO. The average molecular weight is 171 g/mol. The second kappa shape index (κ2) is 4.24. The summed E-state index contributed by atoms with van der Waals surface area (Å²) in [6, 6.07) is 0. The molecule has 72 valence electrons. The van der Waals surface area contributed by atoms with Gasteiger partial charge in [0.05, 0.1) is 12.2 Å². The minimum absolute atomic E-state index is 0.438. The third kappa shape index (κ3) is 1.80. The van der Waals surface area contributed by atoms with E-state index in [1.54, 1.807) is 0 Å². The Morgan fingerprint density at radius 1 is 1.33 bits per heavy atom. The molecule has 1 aliphatic rings. The van der Waals surface area contributed by atoms with Gasteiger partial charge in [-0.05, 0) is 26.3 Å². The molecule has 4 atom stereocenters. The van der Waals surface area contributed by atoms with Gasteiger partial charge in [0.15, 0.2) is 0 Å². The van der Waals surface area contributed by atoms with Crippen LogP contribution in [0.3, 0.4) is 0 Å². The van der Waals surface area contributed by atoms with Crippen LogP contribution < -0.4 is 5.32 Å². The van der Waals surface area contributed by atoms with Crippen LogP contribution in [0.4, 0.5) is 0 Å². The van der Waals surface area contributed by atoms with E-state index < -0.39 is 0 Å². The molecule has 1 saturated heterocycles. The van der Waals surface area contributed by atoms with E-state index in [1.807, 2.05) is 7.05 Å². The molecule has 0 aromatic rings. The zero-order valence-corrected chi connectivity index (χ0v) is 8.63. The molecule has 1 rings (SSSR count). The molecule has 1 aliphatic heterocycles. The van der Waals surface area contributed by atoms with Gasteiger partial charge in [0, 0.05) is 12.5 Å². The van der Waals surface area contributed by atoms with E-state index in [9.17, 15) is 0 Å². The summed E-state index contributed by atoms with van der Waals surface area (Å²) in [5, 5.41) is 3.24. The number of ether oxygens (including phenoxy) is 1. The molecule has 0 aromatic heterocycles. The Kier molecular flexibility index (Phi) is 3.53. The van der Waals surface area contributed by atoms with Gasteiger partial charge in [-0.1, -0.05) is 13.8 Å². The van der Waals surface area contributed by atoms with E-state index in [0.29, 0.717) is 24.0 Å². The van der Waals surface area contributed by atoms with Gasteiger partial charge < -0.3 is 10.1 Å². The van der Waals surface area contributed by atoms with Crippen molar-refractivity contribution >= 4 is 0 Å². The van der Waals surface area contributed by atoms with E-state index in [-0.39, 0.29) is 0 Å². The standard InChI is InChI=1S/C10H21NO/c1-5-10-9(6-11-4)7(2)8(3)12-10/h7-11H,5-6H2,1-4H3. The molecule has 2 heteroatoms. The number of nitrogens with one attached hydrogen (secondary N) is 1. The molecule has 0 aromatic carbocycles. The Morgan fingerprint density at radius 3 is 2.50 bits per heavy atom. The number of hydrogen-bond acceptors (Lipinski definition) is 2. The SMILES string of the molecule is CCC1OC(C)C(C)C1CNC. The summed E-state index contributed by atoms with van der Waals surface area (Å²) in [4.78, 5) is 0. The van der Waals surface area contributed by atoms with Crippen LogP contribution >= 0.6 is 0 Å². The zero-order chi connectivity index (χ0) is 9.14. The summed E-state index contributed by atoms with van der Waals surface area (Å²) in [7, 11) is 2.02. The third-order valence-electron chi connectivity index (χ3n) is 3.12. The molecular weight excluding hydrogens is 150 g/mol. The highest BCUT2D eigenvalue weighted by molar-refractivity contribution is 4.86. The molecule has 1 heterocycles. The Labute approximate surface area is 75.7 Å². The van der Waals surface area contributed by atoms with Crippen LogP contribution in [0.2, 0.25) is 0 Å². The number of hydrogen-bond donors (Lipinski definition) is 1. The van der Waals surface area contributed by atoms with Gasteiger partial charge >= 0.3 is 0 Å².